The maximum atomic E-state index is 6.05. The number of benzene rings is 1. The van der Waals surface area contributed by atoms with Crippen molar-refractivity contribution in [3.05, 3.63) is 58.9 Å². The minimum absolute atomic E-state index is 0.144. The molecule has 0 bridgehead atoms. The molecule has 0 atom stereocenters. The third-order valence-electron chi connectivity index (χ3n) is 2.73. The molecule has 1 N–H and O–H groups in total. The van der Waals surface area contributed by atoms with Crippen molar-refractivity contribution < 1.29 is 4.74 Å². The second kappa shape index (κ2) is 7.27. The summed E-state index contributed by atoms with van der Waals surface area (Å²) in [6.07, 6.45) is 1.94. The summed E-state index contributed by atoms with van der Waals surface area (Å²) in [6.45, 7) is 5.44. The number of ether oxygens (including phenoxy) is 1. The molecular weight excluding hydrogens is 272 g/mol. The van der Waals surface area contributed by atoms with Crippen LogP contribution in [0.4, 0.5) is 0 Å². The zero-order valence-corrected chi connectivity index (χ0v) is 12.5. The molecule has 1 aromatic heterocycles. The van der Waals surface area contributed by atoms with Gasteiger partial charge in [0.2, 0.25) is 0 Å². The first-order chi connectivity index (χ1) is 9.65. The smallest absolute Gasteiger partial charge is 0.124 e. The van der Waals surface area contributed by atoms with E-state index >= 15 is 0 Å². The molecule has 1 aromatic carbocycles. The van der Waals surface area contributed by atoms with Crippen LogP contribution in [0.1, 0.15) is 25.1 Å². The van der Waals surface area contributed by atoms with Crippen molar-refractivity contribution in [3.63, 3.8) is 0 Å². The molecule has 0 aliphatic rings. The number of rotatable bonds is 6. The monoisotopic (exact) mass is 290 g/mol. The maximum absolute atomic E-state index is 6.05. The summed E-state index contributed by atoms with van der Waals surface area (Å²) >= 11 is 6.05. The van der Waals surface area contributed by atoms with Crippen LogP contribution in [0.25, 0.3) is 0 Å². The third kappa shape index (κ3) is 4.51. The Kier molecular flexibility index (Phi) is 5.39. The second-order valence-corrected chi connectivity index (χ2v) is 5.28. The van der Waals surface area contributed by atoms with Crippen molar-refractivity contribution >= 4 is 11.6 Å². The summed E-state index contributed by atoms with van der Waals surface area (Å²) in [7, 11) is 0. The van der Waals surface area contributed by atoms with Crippen LogP contribution in [0.15, 0.2) is 42.6 Å². The van der Waals surface area contributed by atoms with Crippen LogP contribution in [0.2, 0.25) is 5.02 Å². The van der Waals surface area contributed by atoms with E-state index in [-0.39, 0.29) is 6.10 Å². The first-order valence-corrected chi connectivity index (χ1v) is 7.08. The Morgan fingerprint density at radius 1 is 1.20 bits per heavy atom. The zero-order valence-electron chi connectivity index (χ0n) is 11.8. The maximum Gasteiger partial charge on any atom is 0.124 e. The fourth-order valence-electron chi connectivity index (χ4n) is 1.88. The molecular formula is C16H19ClN2O. The molecule has 0 saturated carbocycles. The highest BCUT2D eigenvalue weighted by Crippen LogP contribution is 2.23. The molecule has 0 radical (unpaired) electrons. The first kappa shape index (κ1) is 14.8. The van der Waals surface area contributed by atoms with Gasteiger partial charge in [-0.25, -0.2) is 0 Å². The molecule has 0 unspecified atom stereocenters. The van der Waals surface area contributed by atoms with Crippen LogP contribution < -0.4 is 10.1 Å². The molecule has 0 spiro atoms. The Labute approximate surface area is 124 Å². The van der Waals surface area contributed by atoms with E-state index in [2.05, 4.69) is 10.3 Å². The highest BCUT2D eigenvalue weighted by molar-refractivity contribution is 6.30. The van der Waals surface area contributed by atoms with Crippen molar-refractivity contribution in [2.24, 2.45) is 0 Å². The van der Waals surface area contributed by atoms with E-state index in [1.165, 1.54) is 0 Å². The molecule has 0 saturated heterocycles. The lowest BCUT2D eigenvalue weighted by Crippen LogP contribution is -2.15. The van der Waals surface area contributed by atoms with E-state index in [9.17, 15) is 0 Å². The number of aromatic nitrogens is 1. The summed E-state index contributed by atoms with van der Waals surface area (Å²) < 4.78 is 5.79. The highest BCUT2D eigenvalue weighted by Gasteiger charge is 2.06. The summed E-state index contributed by atoms with van der Waals surface area (Å²) in [5.74, 6) is 0.873. The van der Waals surface area contributed by atoms with E-state index < -0.39 is 0 Å². The quantitative estimate of drug-likeness (QED) is 0.878. The molecule has 0 amide bonds. The van der Waals surface area contributed by atoms with E-state index in [4.69, 9.17) is 16.3 Å². The van der Waals surface area contributed by atoms with Gasteiger partial charge >= 0.3 is 0 Å². The first-order valence-electron chi connectivity index (χ1n) is 6.71. The normalized spacial score (nSPS) is 10.8. The van der Waals surface area contributed by atoms with Gasteiger partial charge in [0.1, 0.15) is 5.75 Å². The van der Waals surface area contributed by atoms with Gasteiger partial charge in [-0.2, -0.15) is 0 Å². The molecule has 2 rings (SSSR count). The fraction of sp³-hybridized carbons (Fsp3) is 0.312. The molecule has 4 heteroatoms. The number of halogens is 1. The van der Waals surface area contributed by atoms with Gasteiger partial charge in [-0.3, -0.25) is 4.98 Å². The van der Waals surface area contributed by atoms with Crippen LogP contribution in [-0.4, -0.2) is 11.1 Å². The number of pyridine rings is 1. The molecule has 106 valence electrons. The molecule has 2 aromatic rings. The third-order valence-corrected chi connectivity index (χ3v) is 2.97. The van der Waals surface area contributed by atoms with Crippen LogP contribution in [0.3, 0.4) is 0 Å². The van der Waals surface area contributed by atoms with Crippen molar-refractivity contribution in [2.75, 3.05) is 0 Å². The lowest BCUT2D eigenvalue weighted by Gasteiger charge is -2.15. The Morgan fingerprint density at radius 3 is 2.75 bits per heavy atom. The largest absolute Gasteiger partial charge is 0.491 e. The molecule has 0 aliphatic heterocycles. The minimum atomic E-state index is 0.144. The predicted octanol–water partition coefficient (Wildman–Crippen LogP) is 3.81. The van der Waals surface area contributed by atoms with Gasteiger partial charge < -0.3 is 10.1 Å². The van der Waals surface area contributed by atoms with Crippen LogP contribution >= 0.6 is 11.6 Å². The summed E-state index contributed by atoms with van der Waals surface area (Å²) in [5.41, 5.74) is 2.07. The Morgan fingerprint density at radius 2 is 2.05 bits per heavy atom. The van der Waals surface area contributed by atoms with Gasteiger partial charge in [-0.15, -0.1) is 0 Å². The SMILES string of the molecule is CC(C)Oc1ccc(Cl)cc1CNCc1ccccn1. The average molecular weight is 291 g/mol. The predicted molar refractivity (Wildman–Crippen MR) is 82.0 cm³/mol. The van der Waals surface area contributed by atoms with Gasteiger partial charge in [0, 0.05) is 29.9 Å². The van der Waals surface area contributed by atoms with E-state index in [1.54, 1.807) is 6.20 Å². The lowest BCUT2D eigenvalue weighted by atomic mass is 10.2. The standard InChI is InChI=1S/C16H19ClN2O/c1-12(2)20-16-7-6-14(17)9-13(16)10-18-11-15-5-3-4-8-19-15/h3-9,12,18H,10-11H2,1-2H3. The zero-order chi connectivity index (χ0) is 14.4. The minimum Gasteiger partial charge on any atom is -0.491 e. The lowest BCUT2D eigenvalue weighted by molar-refractivity contribution is 0.239. The Hall–Kier alpha value is -1.58. The number of hydrogen-bond acceptors (Lipinski definition) is 3. The summed E-state index contributed by atoms with van der Waals surface area (Å²) in [6, 6.07) is 11.6. The Bertz CT molecular complexity index is 543. The van der Waals surface area contributed by atoms with Crippen LogP contribution in [0, 0.1) is 0 Å². The molecule has 0 aliphatic carbocycles. The van der Waals surface area contributed by atoms with Gasteiger partial charge in [0.25, 0.3) is 0 Å². The highest BCUT2D eigenvalue weighted by atomic mass is 35.5. The topological polar surface area (TPSA) is 34.1 Å². The average Bonchev–Trinajstić information content (AvgIpc) is 2.42. The summed E-state index contributed by atoms with van der Waals surface area (Å²) in [5, 5.41) is 4.08. The van der Waals surface area contributed by atoms with Crippen molar-refractivity contribution in [2.45, 2.75) is 33.0 Å². The van der Waals surface area contributed by atoms with Gasteiger partial charge in [-0.1, -0.05) is 17.7 Å². The number of nitrogens with one attached hydrogen (secondary N) is 1. The molecule has 0 fully saturated rings. The molecule has 20 heavy (non-hydrogen) atoms. The second-order valence-electron chi connectivity index (χ2n) is 4.84. The Balaban J connectivity index is 1.99. The van der Waals surface area contributed by atoms with Crippen molar-refractivity contribution in [1.82, 2.24) is 10.3 Å². The van der Waals surface area contributed by atoms with Crippen molar-refractivity contribution in [3.8, 4) is 5.75 Å². The van der Waals surface area contributed by atoms with E-state index in [0.717, 1.165) is 22.0 Å². The molecule has 3 nitrogen and oxygen atoms in total. The fourth-order valence-corrected chi connectivity index (χ4v) is 2.08. The van der Waals surface area contributed by atoms with Gasteiger partial charge in [-0.05, 0) is 44.2 Å². The van der Waals surface area contributed by atoms with Crippen LogP contribution in [-0.2, 0) is 13.1 Å². The van der Waals surface area contributed by atoms with Crippen LogP contribution in [0.5, 0.6) is 5.75 Å². The molecule has 1 heterocycles. The van der Waals surface area contributed by atoms with E-state index in [0.29, 0.717) is 13.1 Å². The number of nitrogens with zero attached hydrogens (tertiary/aromatic N) is 1. The van der Waals surface area contributed by atoms with Gasteiger partial charge in [0.15, 0.2) is 0 Å². The number of hydrogen-bond donors (Lipinski definition) is 1. The van der Waals surface area contributed by atoms with E-state index in [1.807, 2.05) is 50.2 Å². The summed E-state index contributed by atoms with van der Waals surface area (Å²) in [4.78, 5) is 4.28. The van der Waals surface area contributed by atoms with Crippen molar-refractivity contribution in [1.29, 1.82) is 0 Å². The van der Waals surface area contributed by atoms with Gasteiger partial charge in [0.05, 0.1) is 11.8 Å².